The molecule has 74 valence electrons. The zero-order valence-electron chi connectivity index (χ0n) is 7.30. The van der Waals surface area contributed by atoms with Crippen LogP contribution in [0.2, 0.25) is 0 Å². The van der Waals surface area contributed by atoms with Crippen molar-refractivity contribution < 1.29 is 18.9 Å². The molecule has 0 aromatic heterocycles. The van der Waals surface area contributed by atoms with Gasteiger partial charge in [-0.1, -0.05) is 13.8 Å². The van der Waals surface area contributed by atoms with Crippen molar-refractivity contribution >= 4 is 7.82 Å². The molecule has 1 atom stereocenters. The minimum absolute atomic E-state index is 0.0948. The lowest BCUT2D eigenvalue weighted by Crippen LogP contribution is -2.27. The van der Waals surface area contributed by atoms with Crippen molar-refractivity contribution in [3.8, 4) is 0 Å². The Morgan fingerprint density at radius 3 is 2.33 bits per heavy atom. The summed E-state index contributed by atoms with van der Waals surface area (Å²) in [6.07, 6.45) is 0.694. The maximum absolute atomic E-state index is 10.2. The molecule has 0 aliphatic rings. The Kier molecular flexibility index (Phi) is 4.97. The van der Waals surface area contributed by atoms with E-state index in [1.165, 1.54) is 0 Å². The average molecular weight is 197 g/mol. The summed E-state index contributed by atoms with van der Waals surface area (Å²) in [7, 11) is -4.34. The third-order valence-corrected chi connectivity index (χ3v) is 1.72. The van der Waals surface area contributed by atoms with Gasteiger partial charge >= 0.3 is 7.82 Å². The quantitative estimate of drug-likeness (QED) is 0.557. The lowest BCUT2D eigenvalue weighted by atomic mass is 10.1. The summed E-state index contributed by atoms with van der Waals surface area (Å²) in [6.45, 7) is 3.87. The first-order chi connectivity index (χ1) is 5.31. The van der Waals surface area contributed by atoms with E-state index in [0.29, 0.717) is 12.3 Å². The molecule has 0 aromatic rings. The van der Waals surface area contributed by atoms with E-state index >= 15 is 0 Å². The van der Waals surface area contributed by atoms with Crippen LogP contribution in [0, 0.1) is 5.92 Å². The summed E-state index contributed by atoms with van der Waals surface area (Å²) in [5.41, 5.74) is 5.51. The van der Waals surface area contributed by atoms with Crippen LogP contribution in [-0.2, 0) is 9.09 Å². The first kappa shape index (κ1) is 12.1. The Balaban J connectivity index is 3.58. The fraction of sp³-hybridized carbons (Fsp3) is 1.00. The van der Waals surface area contributed by atoms with E-state index in [-0.39, 0.29) is 12.6 Å². The molecule has 0 heterocycles. The Morgan fingerprint density at radius 2 is 2.00 bits per heavy atom. The molecule has 0 aromatic carbocycles. The standard InChI is InChI=1S/C6H16NO4P/c1-5(2)3-6(7)4-11-12(8,9)10/h5-6H,3-4,7H2,1-2H3,(H2,8,9,10)/t6-/m0/s1. The summed E-state index contributed by atoms with van der Waals surface area (Å²) in [6, 6.07) is -0.308. The first-order valence-corrected chi connectivity index (χ1v) is 5.30. The van der Waals surface area contributed by atoms with Crippen LogP contribution in [0.5, 0.6) is 0 Å². The van der Waals surface area contributed by atoms with E-state index in [2.05, 4.69) is 4.52 Å². The lowest BCUT2D eigenvalue weighted by Gasteiger charge is -2.14. The maximum atomic E-state index is 10.2. The minimum Gasteiger partial charge on any atom is -0.326 e. The highest BCUT2D eigenvalue weighted by molar-refractivity contribution is 7.46. The summed E-state index contributed by atoms with van der Waals surface area (Å²) in [4.78, 5) is 16.7. The number of phosphoric acid groups is 1. The monoisotopic (exact) mass is 197 g/mol. The van der Waals surface area contributed by atoms with Crippen LogP contribution in [-0.4, -0.2) is 22.4 Å². The van der Waals surface area contributed by atoms with Gasteiger partial charge < -0.3 is 15.5 Å². The molecule has 4 N–H and O–H groups in total. The molecule has 0 rings (SSSR count). The Hall–Kier alpha value is 0.0700. The van der Waals surface area contributed by atoms with Crippen LogP contribution in [0.25, 0.3) is 0 Å². The molecular formula is C6H16NO4P. The lowest BCUT2D eigenvalue weighted by molar-refractivity contribution is 0.180. The van der Waals surface area contributed by atoms with Crippen LogP contribution in [0.1, 0.15) is 20.3 Å². The van der Waals surface area contributed by atoms with Gasteiger partial charge in [-0.3, -0.25) is 4.52 Å². The van der Waals surface area contributed by atoms with Crippen LogP contribution >= 0.6 is 7.82 Å². The zero-order chi connectivity index (χ0) is 9.78. The van der Waals surface area contributed by atoms with Crippen LogP contribution in [0.4, 0.5) is 0 Å². The van der Waals surface area contributed by atoms with Gasteiger partial charge in [-0.25, -0.2) is 4.57 Å². The molecule has 0 saturated carbocycles. The number of rotatable bonds is 5. The second kappa shape index (κ2) is 4.94. The van der Waals surface area contributed by atoms with E-state index in [9.17, 15) is 4.57 Å². The molecule has 5 nitrogen and oxygen atoms in total. The first-order valence-electron chi connectivity index (χ1n) is 3.77. The van der Waals surface area contributed by atoms with E-state index in [1.807, 2.05) is 13.8 Å². The molecular weight excluding hydrogens is 181 g/mol. The fourth-order valence-electron chi connectivity index (χ4n) is 0.866. The molecule has 0 unspecified atom stereocenters. The highest BCUT2D eigenvalue weighted by Crippen LogP contribution is 2.35. The van der Waals surface area contributed by atoms with Crippen molar-refractivity contribution in [1.29, 1.82) is 0 Å². The number of hydrogen-bond acceptors (Lipinski definition) is 3. The summed E-state index contributed by atoms with van der Waals surface area (Å²) in [5.74, 6) is 0.403. The molecule has 12 heavy (non-hydrogen) atoms. The zero-order valence-corrected chi connectivity index (χ0v) is 8.20. The van der Waals surface area contributed by atoms with Gasteiger partial charge in [-0.05, 0) is 12.3 Å². The van der Waals surface area contributed by atoms with Crippen molar-refractivity contribution in [2.24, 2.45) is 11.7 Å². The maximum Gasteiger partial charge on any atom is 0.469 e. The third-order valence-electron chi connectivity index (χ3n) is 1.23. The number of nitrogens with two attached hydrogens (primary N) is 1. The SMILES string of the molecule is CC(C)C[C@H](N)COP(=O)(O)O. The average Bonchev–Trinajstić information content (AvgIpc) is 1.80. The van der Waals surface area contributed by atoms with Crippen molar-refractivity contribution in [2.45, 2.75) is 26.3 Å². The van der Waals surface area contributed by atoms with E-state index in [4.69, 9.17) is 15.5 Å². The molecule has 0 bridgehead atoms. The normalized spacial score (nSPS) is 15.2. The minimum atomic E-state index is -4.34. The smallest absolute Gasteiger partial charge is 0.326 e. The van der Waals surface area contributed by atoms with Crippen molar-refractivity contribution in [3.05, 3.63) is 0 Å². The van der Waals surface area contributed by atoms with Gasteiger partial charge in [-0.15, -0.1) is 0 Å². The topological polar surface area (TPSA) is 92.8 Å². The molecule has 0 amide bonds. The van der Waals surface area contributed by atoms with Crippen molar-refractivity contribution in [1.82, 2.24) is 0 Å². The van der Waals surface area contributed by atoms with Gasteiger partial charge in [0.05, 0.1) is 6.61 Å². The Morgan fingerprint density at radius 1 is 1.50 bits per heavy atom. The molecule has 6 heteroatoms. The third kappa shape index (κ3) is 8.17. The largest absolute Gasteiger partial charge is 0.469 e. The second-order valence-corrected chi connectivity index (χ2v) is 4.42. The molecule has 0 aliphatic carbocycles. The van der Waals surface area contributed by atoms with Crippen LogP contribution in [0.15, 0.2) is 0 Å². The summed E-state index contributed by atoms with van der Waals surface area (Å²) in [5, 5.41) is 0. The van der Waals surface area contributed by atoms with Gasteiger partial charge in [0.25, 0.3) is 0 Å². The second-order valence-electron chi connectivity index (χ2n) is 3.18. The number of hydrogen-bond donors (Lipinski definition) is 3. The van der Waals surface area contributed by atoms with Gasteiger partial charge in [0, 0.05) is 6.04 Å². The van der Waals surface area contributed by atoms with E-state index < -0.39 is 7.82 Å². The number of phosphoric ester groups is 1. The van der Waals surface area contributed by atoms with Gasteiger partial charge in [0.15, 0.2) is 0 Å². The van der Waals surface area contributed by atoms with Crippen molar-refractivity contribution in [2.75, 3.05) is 6.61 Å². The predicted molar refractivity (Wildman–Crippen MR) is 45.4 cm³/mol. The molecule has 0 radical (unpaired) electrons. The summed E-state index contributed by atoms with van der Waals surface area (Å²) < 4.78 is 14.5. The van der Waals surface area contributed by atoms with Crippen LogP contribution < -0.4 is 5.73 Å². The van der Waals surface area contributed by atoms with Crippen molar-refractivity contribution in [3.63, 3.8) is 0 Å². The molecule has 0 saturated heterocycles. The molecule has 0 fully saturated rings. The Bertz CT molecular complexity index is 167. The Labute approximate surface area is 72.2 Å². The highest BCUT2D eigenvalue weighted by atomic mass is 31.2. The predicted octanol–water partition coefficient (Wildman–Crippen LogP) is 0.469. The fourth-order valence-corrected chi connectivity index (χ4v) is 1.25. The van der Waals surface area contributed by atoms with Gasteiger partial charge in [-0.2, -0.15) is 0 Å². The van der Waals surface area contributed by atoms with Gasteiger partial charge in [0.2, 0.25) is 0 Å². The molecule has 0 spiro atoms. The molecule has 0 aliphatic heterocycles. The van der Waals surface area contributed by atoms with Crippen LogP contribution in [0.3, 0.4) is 0 Å². The van der Waals surface area contributed by atoms with E-state index in [1.54, 1.807) is 0 Å². The van der Waals surface area contributed by atoms with E-state index in [0.717, 1.165) is 0 Å². The van der Waals surface area contributed by atoms with Gasteiger partial charge in [0.1, 0.15) is 0 Å². The summed E-state index contributed by atoms with van der Waals surface area (Å²) >= 11 is 0. The highest BCUT2D eigenvalue weighted by Gasteiger charge is 2.16.